The first-order valence-electron chi connectivity index (χ1n) is 2.63. The van der Waals surface area contributed by atoms with Crippen molar-refractivity contribution < 1.29 is 13.0 Å². The maximum absolute atomic E-state index is 10.4. The predicted molar refractivity (Wildman–Crippen MR) is 51.9 cm³/mol. The predicted octanol–water partition coefficient (Wildman–Crippen LogP) is -0.631. The van der Waals surface area contributed by atoms with Crippen molar-refractivity contribution in [1.29, 1.82) is 0 Å². The van der Waals surface area contributed by atoms with E-state index in [1.165, 1.54) is 12.1 Å². The van der Waals surface area contributed by atoms with E-state index in [1.54, 1.807) is 18.2 Å². The summed E-state index contributed by atoms with van der Waals surface area (Å²) in [6.45, 7) is 0. The van der Waals surface area contributed by atoms with Crippen LogP contribution < -0.4 is 0 Å². The zero-order chi connectivity index (χ0) is 7.61. The topological polar surface area (TPSA) is 54.4 Å². The van der Waals surface area contributed by atoms with Crippen molar-refractivity contribution in [2.45, 2.75) is 4.90 Å². The van der Waals surface area contributed by atoms with Gasteiger partial charge in [0.2, 0.25) is 0 Å². The Morgan fingerprint density at radius 1 is 1.08 bits per heavy atom. The summed E-state index contributed by atoms with van der Waals surface area (Å²) in [4.78, 5) is -0.0741. The summed E-state index contributed by atoms with van der Waals surface area (Å²) in [6.07, 6.45) is 0. The van der Waals surface area contributed by atoms with Gasteiger partial charge in [-0.1, -0.05) is 18.2 Å². The molecule has 60 valence electrons. The van der Waals surface area contributed by atoms with Gasteiger partial charge in [0.1, 0.15) is 0 Å². The molecule has 0 aliphatic heterocycles. The van der Waals surface area contributed by atoms with Gasteiger partial charge in [-0.2, -0.15) is 8.42 Å². The molecule has 0 unspecified atom stereocenters. The van der Waals surface area contributed by atoms with Crippen LogP contribution in [0.3, 0.4) is 0 Å². The van der Waals surface area contributed by atoms with Crippen LogP contribution in [-0.2, 0) is 10.1 Å². The fraction of sp³-hybridized carbons (Fsp3) is 0. The van der Waals surface area contributed by atoms with Gasteiger partial charge in [0, 0.05) is 0 Å². The average Bonchev–Trinajstić information content (AvgIpc) is 1.88. The van der Waals surface area contributed by atoms with Crippen molar-refractivity contribution in [3.05, 3.63) is 30.3 Å². The van der Waals surface area contributed by atoms with Crippen molar-refractivity contribution in [3.8, 4) is 0 Å². The third-order valence-corrected chi connectivity index (χ3v) is 1.91. The molecular weight excluding hydrogens is 231 g/mol. The number of benzene rings is 1. The fourth-order valence-corrected chi connectivity index (χ4v) is 1.09. The van der Waals surface area contributed by atoms with E-state index in [-0.39, 0.29) is 94.0 Å². The number of hydrogen-bond donors (Lipinski definition) is 1. The summed E-state index contributed by atoms with van der Waals surface area (Å²) in [5.41, 5.74) is 0. The van der Waals surface area contributed by atoms with E-state index in [0.717, 1.165) is 0 Å². The van der Waals surface area contributed by atoms with Crippen molar-refractivity contribution in [2.24, 2.45) is 0 Å². The zero-order valence-electron chi connectivity index (χ0n) is 5.06. The molecule has 0 bridgehead atoms. The van der Waals surface area contributed by atoms with Crippen LogP contribution >= 0.6 is 0 Å². The Morgan fingerprint density at radius 3 is 1.75 bits per heavy atom. The van der Waals surface area contributed by atoms with E-state index in [0.29, 0.717) is 0 Å². The Balaban J connectivity index is 0. The third-order valence-electron chi connectivity index (χ3n) is 1.04. The standard InChI is InChI=1S/C6H6O3S.Ca.K.3H/c7-10(8,9)6-4-2-1-3-5-6;;;;;/h1-5H,(H,7,8,9);;;;;. The molecule has 1 aromatic carbocycles. The summed E-state index contributed by atoms with van der Waals surface area (Å²) in [7, 11) is -4.00. The SMILES string of the molecule is O=S(=O)(O)c1ccccc1.[CaH2].[KH]. The van der Waals surface area contributed by atoms with E-state index >= 15 is 0 Å². The molecule has 0 fully saturated rings. The van der Waals surface area contributed by atoms with Crippen molar-refractivity contribution in [2.75, 3.05) is 0 Å². The van der Waals surface area contributed by atoms with E-state index < -0.39 is 10.1 Å². The molecule has 0 aromatic heterocycles. The van der Waals surface area contributed by atoms with Gasteiger partial charge >= 0.3 is 89.1 Å². The van der Waals surface area contributed by atoms with Crippen LogP contribution in [0.5, 0.6) is 0 Å². The van der Waals surface area contributed by atoms with Gasteiger partial charge < -0.3 is 0 Å². The van der Waals surface area contributed by atoms with Crippen LogP contribution in [0, 0.1) is 0 Å². The molecule has 0 aliphatic carbocycles. The molecule has 1 rings (SSSR count). The zero-order valence-corrected chi connectivity index (χ0v) is 5.88. The first-order chi connectivity index (χ1) is 4.61. The summed E-state index contributed by atoms with van der Waals surface area (Å²) in [5, 5.41) is 0. The fourth-order valence-electron chi connectivity index (χ4n) is 0.592. The molecule has 12 heavy (non-hydrogen) atoms. The molecule has 1 N–H and O–H groups in total. The summed E-state index contributed by atoms with van der Waals surface area (Å²) in [6, 6.07) is 7.42. The Hall–Kier alpha value is 2.03. The van der Waals surface area contributed by atoms with Crippen LogP contribution in [0.2, 0.25) is 0 Å². The van der Waals surface area contributed by atoms with Crippen LogP contribution in [0.25, 0.3) is 0 Å². The van der Waals surface area contributed by atoms with Gasteiger partial charge in [-0.05, 0) is 12.1 Å². The summed E-state index contributed by atoms with van der Waals surface area (Å²) >= 11 is 0. The van der Waals surface area contributed by atoms with Crippen molar-refractivity contribution in [1.82, 2.24) is 0 Å². The molecular formula is C6H9CaKO3S. The van der Waals surface area contributed by atoms with Crippen LogP contribution in [0.1, 0.15) is 0 Å². The molecule has 0 spiro atoms. The monoisotopic (exact) mass is 240 g/mol. The average molecular weight is 240 g/mol. The van der Waals surface area contributed by atoms with Gasteiger partial charge in [0.15, 0.2) is 0 Å². The minimum atomic E-state index is -4.00. The van der Waals surface area contributed by atoms with E-state index in [9.17, 15) is 8.42 Å². The van der Waals surface area contributed by atoms with Crippen molar-refractivity contribution >= 4 is 99.2 Å². The molecule has 0 atom stereocenters. The Bertz CT molecular complexity index is 311. The van der Waals surface area contributed by atoms with Gasteiger partial charge in [-0.3, -0.25) is 4.55 Å². The van der Waals surface area contributed by atoms with E-state index in [1.807, 2.05) is 0 Å². The van der Waals surface area contributed by atoms with E-state index in [4.69, 9.17) is 4.55 Å². The molecule has 1 aromatic rings. The van der Waals surface area contributed by atoms with Crippen LogP contribution in [-0.4, -0.2) is 102 Å². The van der Waals surface area contributed by atoms with Crippen molar-refractivity contribution in [3.63, 3.8) is 0 Å². The summed E-state index contributed by atoms with van der Waals surface area (Å²) in [5.74, 6) is 0. The van der Waals surface area contributed by atoms with E-state index in [2.05, 4.69) is 0 Å². The Kier molecular flexibility index (Phi) is 10.1. The number of hydrogen-bond acceptors (Lipinski definition) is 2. The van der Waals surface area contributed by atoms with Crippen LogP contribution in [0.15, 0.2) is 35.2 Å². The normalized spacial score (nSPS) is 9.42. The first-order valence-corrected chi connectivity index (χ1v) is 4.07. The van der Waals surface area contributed by atoms with Gasteiger partial charge in [-0.15, -0.1) is 0 Å². The molecule has 0 heterocycles. The molecule has 6 heteroatoms. The molecule has 3 nitrogen and oxygen atoms in total. The van der Waals surface area contributed by atoms with Gasteiger partial charge in [0.25, 0.3) is 10.1 Å². The summed E-state index contributed by atoms with van der Waals surface area (Å²) < 4.78 is 29.2. The van der Waals surface area contributed by atoms with Gasteiger partial charge in [-0.25, -0.2) is 0 Å². The third kappa shape index (κ3) is 5.69. The number of rotatable bonds is 1. The van der Waals surface area contributed by atoms with Crippen LogP contribution in [0.4, 0.5) is 0 Å². The molecule has 0 radical (unpaired) electrons. The quantitative estimate of drug-likeness (QED) is 0.525. The maximum atomic E-state index is 10.4. The molecule has 0 aliphatic rings. The minimum absolute atomic E-state index is 0. The molecule has 0 saturated carbocycles. The Morgan fingerprint density at radius 2 is 1.50 bits per heavy atom. The molecule has 0 amide bonds. The Labute approximate surface area is 144 Å². The second-order valence-corrected chi connectivity index (χ2v) is 3.21. The second kappa shape index (κ2) is 7.34. The van der Waals surface area contributed by atoms with Gasteiger partial charge in [0.05, 0.1) is 4.90 Å². The molecule has 0 saturated heterocycles. The first kappa shape index (κ1) is 16.5. The second-order valence-electron chi connectivity index (χ2n) is 1.79.